The maximum Gasteiger partial charge on any atom is 0.268 e. The monoisotopic (exact) mass is 1020 g/mol. The summed E-state index contributed by atoms with van der Waals surface area (Å²) in [5, 5.41) is 69.8. The predicted octanol–water partition coefficient (Wildman–Crippen LogP) is -3.45. The van der Waals surface area contributed by atoms with Gasteiger partial charge in [-0.15, -0.1) is 0 Å². The zero-order chi connectivity index (χ0) is 48.9. The number of rotatable bonds is 31. The summed E-state index contributed by atoms with van der Waals surface area (Å²) in [5.41, 5.74) is 0. The van der Waals surface area contributed by atoms with Crippen molar-refractivity contribution in [3.63, 3.8) is 0 Å². The molecule has 67 heavy (non-hydrogen) atoms. The molecule has 2 aliphatic rings. The van der Waals surface area contributed by atoms with Gasteiger partial charge < -0.3 is 103 Å². The van der Waals surface area contributed by atoms with E-state index >= 15 is 0 Å². The third-order valence-electron chi connectivity index (χ3n) is 9.53. The van der Waals surface area contributed by atoms with Crippen molar-refractivity contribution in [1.82, 2.24) is 21.3 Å². The molecule has 4 amide bonds. The van der Waals surface area contributed by atoms with Crippen molar-refractivity contribution in [2.75, 3.05) is 59.8 Å². The first kappa shape index (κ1) is 64.7. The van der Waals surface area contributed by atoms with Crippen LogP contribution in [0.15, 0.2) is 0 Å². The Labute approximate surface area is 391 Å². The molecule has 2 heterocycles. The number of ether oxygens (including phenoxy) is 5. The molecule has 27 nitrogen and oxygen atoms in total. The molecule has 10 N–H and O–H groups in total. The van der Waals surface area contributed by atoms with Crippen LogP contribution in [-0.2, 0) is 70.1 Å². The number of hydrogen-bond acceptors (Lipinski definition) is 23. The van der Waals surface area contributed by atoms with Crippen LogP contribution in [0.4, 0.5) is 0 Å². The van der Waals surface area contributed by atoms with Crippen molar-refractivity contribution in [3.8, 4) is 0 Å². The molecule has 0 radical (unpaired) electrons. The second-order valence-corrected chi connectivity index (χ2v) is 18.2. The Kier molecular flexibility index (Phi) is 31.4. The number of phosphoric ester groups is 2. The van der Waals surface area contributed by atoms with E-state index in [-0.39, 0.29) is 85.8 Å². The van der Waals surface area contributed by atoms with Crippen molar-refractivity contribution >= 4 is 39.3 Å². The molecule has 0 aliphatic carbocycles. The van der Waals surface area contributed by atoms with E-state index in [1.54, 1.807) is 13.8 Å². The fraction of sp³-hybridized carbons (Fsp3) is 0.895. The summed E-state index contributed by atoms with van der Waals surface area (Å²) in [6.07, 6.45) is -13.3. The number of nitrogens with one attached hydrogen (secondary N) is 4. The van der Waals surface area contributed by atoms with E-state index in [0.29, 0.717) is 0 Å². The van der Waals surface area contributed by atoms with Crippen LogP contribution in [0.25, 0.3) is 0 Å². The van der Waals surface area contributed by atoms with E-state index in [0.717, 1.165) is 7.11 Å². The lowest BCUT2D eigenvalue weighted by Crippen LogP contribution is -2.64. The van der Waals surface area contributed by atoms with E-state index in [9.17, 15) is 68.7 Å². The summed E-state index contributed by atoms with van der Waals surface area (Å²) in [5.74, 6) is -2.18. The highest BCUT2D eigenvalue weighted by Gasteiger charge is 2.46. The predicted molar refractivity (Wildman–Crippen MR) is 229 cm³/mol. The molecule has 2 saturated heterocycles. The number of carbonyl (C=O) groups excluding carboxylic acids is 4. The van der Waals surface area contributed by atoms with Crippen molar-refractivity contribution in [2.24, 2.45) is 0 Å². The molecule has 396 valence electrons. The standard InChI is InChI=1S/C36H68N4O23P2.2CH4/c1-20(2)58-18-23(14-37-27(45)10-6-8-12-56-35-29(39-21(3)43)33(49)31(47)25(16-41)60-35)63-65(53,54)59-19-24(62-64(51,52)55-5)15-38-28(46)11-7-9-13-57-36-30(40-22(4)44)34(50)32(48)26(17-42)61-36;;/h20,23-26,29-36,41-42,47-50H,6-19H2,1-5H3,(H,37,45)(H,38,46)(H,39,43)(H,40,44)(H,51,52)(H,53,54);2*1H4/p-2/t23?,24?,25?,26?,29?,30?,31-,32-,33+,34+,35+,36+;;/m0../s1. The SMILES string of the molecule is C.C.COP(=O)([O-])OC(CNC(=O)CCCCO[C@@H]1OC(CO)[C@H](O)[C@H](O)C1NC(C)=O)COP(=O)([O-])OC(CNC(=O)CCCCO[C@@H]1OC(CO)[C@H](O)[C@H](O)C1NC(C)=O)COC(C)C. The maximum absolute atomic E-state index is 12.9. The molecule has 29 heteroatoms. The molecule has 14 atom stereocenters. The minimum atomic E-state index is -5.28. The van der Waals surface area contributed by atoms with Crippen LogP contribution in [-0.4, -0.2) is 194 Å². The second-order valence-electron chi connectivity index (χ2n) is 15.3. The summed E-state index contributed by atoms with van der Waals surface area (Å²) in [4.78, 5) is 73.5. The van der Waals surface area contributed by atoms with Gasteiger partial charge in [0.2, 0.25) is 23.6 Å². The Balaban J connectivity index is 0.0000218. The van der Waals surface area contributed by atoms with Gasteiger partial charge >= 0.3 is 0 Å². The largest absolute Gasteiger partial charge is 0.756 e. The van der Waals surface area contributed by atoms with E-state index in [4.69, 9.17) is 37.3 Å². The molecule has 0 bridgehead atoms. The molecular formula is C38H74N4O23P2-2. The van der Waals surface area contributed by atoms with Gasteiger partial charge in [-0.25, -0.2) is 0 Å². The van der Waals surface area contributed by atoms with Crippen molar-refractivity contribution in [2.45, 2.75) is 161 Å². The van der Waals surface area contributed by atoms with Crippen LogP contribution in [0, 0.1) is 0 Å². The molecular weight excluding hydrogens is 942 g/mol. The van der Waals surface area contributed by atoms with E-state index in [1.807, 2.05) is 0 Å². The lowest BCUT2D eigenvalue weighted by molar-refractivity contribution is -0.270. The van der Waals surface area contributed by atoms with Gasteiger partial charge in [0.25, 0.3) is 15.6 Å². The van der Waals surface area contributed by atoms with Gasteiger partial charge in [-0.05, 0) is 39.5 Å². The third-order valence-corrected chi connectivity index (χ3v) is 11.6. The van der Waals surface area contributed by atoms with E-state index < -0.39 is 139 Å². The number of amides is 4. The van der Waals surface area contributed by atoms with Gasteiger partial charge in [0.05, 0.1) is 32.5 Å². The van der Waals surface area contributed by atoms with Crippen LogP contribution < -0.4 is 31.1 Å². The number of aliphatic hydroxyl groups excluding tert-OH is 6. The van der Waals surface area contributed by atoms with Crippen molar-refractivity contribution in [3.05, 3.63) is 0 Å². The highest BCUT2D eigenvalue weighted by atomic mass is 31.2. The summed E-state index contributed by atoms with van der Waals surface area (Å²) in [6, 6.07) is -2.29. The van der Waals surface area contributed by atoms with Gasteiger partial charge in [-0.2, -0.15) is 0 Å². The Morgan fingerprint density at radius 1 is 0.657 bits per heavy atom. The molecule has 0 saturated carbocycles. The Morgan fingerprint density at radius 3 is 1.43 bits per heavy atom. The Hall–Kier alpha value is -2.34. The summed E-state index contributed by atoms with van der Waals surface area (Å²) in [6.45, 7) is 2.16. The zero-order valence-electron chi connectivity index (χ0n) is 36.9. The number of phosphoric acid groups is 2. The third kappa shape index (κ3) is 24.4. The van der Waals surface area contributed by atoms with Gasteiger partial charge in [0, 0.05) is 60.1 Å². The molecule has 0 spiro atoms. The number of hydrogen-bond donors (Lipinski definition) is 10. The molecule has 2 fully saturated rings. The van der Waals surface area contributed by atoms with Crippen LogP contribution in [0.2, 0.25) is 0 Å². The lowest BCUT2D eigenvalue weighted by Gasteiger charge is -2.42. The van der Waals surface area contributed by atoms with Crippen LogP contribution in [0.1, 0.15) is 81.1 Å². The molecule has 8 unspecified atom stereocenters. The normalized spacial score (nSPS) is 27.8. The Bertz CT molecular complexity index is 1550. The molecule has 0 aromatic heterocycles. The zero-order valence-corrected chi connectivity index (χ0v) is 38.7. The number of carbonyl (C=O) groups is 4. The summed E-state index contributed by atoms with van der Waals surface area (Å²) < 4.78 is 71.9. The highest BCUT2D eigenvalue weighted by molar-refractivity contribution is 7.46. The number of aliphatic hydroxyl groups is 6. The average Bonchev–Trinajstić information content (AvgIpc) is 3.23. The van der Waals surface area contributed by atoms with Gasteiger partial charge in [0.1, 0.15) is 60.9 Å². The van der Waals surface area contributed by atoms with Crippen LogP contribution >= 0.6 is 15.6 Å². The molecule has 0 aromatic rings. The van der Waals surface area contributed by atoms with E-state index in [2.05, 4.69) is 25.8 Å². The first-order valence-corrected chi connectivity index (χ1v) is 23.8. The van der Waals surface area contributed by atoms with Gasteiger partial charge in [0.15, 0.2) is 12.6 Å². The fourth-order valence-electron chi connectivity index (χ4n) is 6.20. The van der Waals surface area contributed by atoms with Crippen molar-refractivity contribution in [1.29, 1.82) is 0 Å². The van der Waals surface area contributed by atoms with Crippen LogP contribution in [0.5, 0.6) is 0 Å². The van der Waals surface area contributed by atoms with Gasteiger partial charge in [-0.1, -0.05) is 14.9 Å². The second kappa shape index (κ2) is 32.5. The summed E-state index contributed by atoms with van der Waals surface area (Å²) in [7, 11) is -9.48. The highest BCUT2D eigenvalue weighted by Crippen LogP contribution is 2.43. The first-order chi connectivity index (χ1) is 30.5. The lowest BCUT2D eigenvalue weighted by atomic mass is 9.97. The number of unbranched alkanes of at least 4 members (excludes halogenated alkanes) is 2. The molecule has 2 rings (SSSR count). The minimum absolute atomic E-state index is 0. The van der Waals surface area contributed by atoms with Crippen LogP contribution in [0.3, 0.4) is 0 Å². The first-order valence-electron chi connectivity index (χ1n) is 20.9. The smallest absolute Gasteiger partial charge is 0.268 e. The minimum Gasteiger partial charge on any atom is -0.756 e. The quantitative estimate of drug-likeness (QED) is 0.0238. The Morgan fingerprint density at radius 2 is 1.06 bits per heavy atom. The molecule has 0 aromatic carbocycles. The van der Waals surface area contributed by atoms with Gasteiger partial charge in [-0.3, -0.25) is 28.3 Å². The molecule has 2 aliphatic heterocycles. The van der Waals surface area contributed by atoms with E-state index in [1.165, 1.54) is 13.8 Å². The topological polar surface area (TPSA) is 401 Å². The fourth-order valence-corrected chi connectivity index (χ4v) is 7.69. The van der Waals surface area contributed by atoms with Crippen molar-refractivity contribution < 1.29 is 111 Å². The average molecular weight is 1020 g/mol. The summed E-state index contributed by atoms with van der Waals surface area (Å²) >= 11 is 0. The maximum atomic E-state index is 12.9.